The van der Waals surface area contributed by atoms with Crippen molar-refractivity contribution < 1.29 is 34.4 Å². The molecule has 0 radical (unpaired) electrons. The van der Waals surface area contributed by atoms with Crippen molar-refractivity contribution in [3.8, 4) is 0 Å². The fraction of sp³-hybridized carbons (Fsp3) is 0.630. The Kier molecular flexibility index (Phi) is 5.11. The van der Waals surface area contributed by atoms with Crippen LogP contribution in [0.15, 0.2) is 36.4 Å². The fourth-order valence-corrected chi connectivity index (χ4v) is 9.06. The summed E-state index contributed by atoms with van der Waals surface area (Å²) in [7, 11) is 0. The Balaban J connectivity index is 1.46. The van der Waals surface area contributed by atoms with Crippen molar-refractivity contribution in [2.75, 3.05) is 11.9 Å². The van der Waals surface area contributed by atoms with Crippen LogP contribution in [0.2, 0.25) is 5.02 Å². The highest BCUT2D eigenvalue weighted by atomic mass is 35.5. The Morgan fingerprint density at radius 1 is 1.25 bits per heavy atom. The molecule has 4 aliphatic carbocycles. The van der Waals surface area contributed by atoms with E-state index in [-0.39, 0.29) is 12.2 Å². The summed E-state index contributed by atoms with van der Waals surface area (Å²) in [6.45, 7) is 8.09. The number of benzene rings is 1. The van der Waals surface area contributed by atoms with Crippen LogP contribution in [-0.2, 0) is 14.3 Å². The van der Waals surface area contributed by atoms with Gasteiger partial charge in [-0.2, -0.15) is 0 Å². The zero-order valence-corrected chi connectivity index (χ0v) is 21.1. The van der Waals surface area contributed by atoms with Crippen LogP contribution in [0.4, 0.5) is 10.5 Å². The zero-order chi connectivity index (χ0) is 25.8. The minimum atomic E-state index is -2.28. The van der Waals surface area contributed by atoms with Crippen LogP contribution in [0.25, 0.3) is 0 Å². The SMILES string of the molecule is C=C1C(=O)[C@@]23C(CC[C@@H]1[C@H]2OC(=O)Nc1cccc(Cl)c1)[C@@]12CO[C@]3(O)[C@@H](O)[C@@H]1C(C)(C)CC[C@@H]2O. The van der Waals surface area contributed by atoms with Crippen LogP contribution in [0.3, 0.4) is 0 Å². The van der Waals surface area contributed by atoms with E-state index in [4.69, 9.17) is 21.1 Å². The van der Waals surface area contributed by atoms with Crippen LogP contribution in [0.1, 0.15) is 39.5 Å². The van der Waals surface area contributed by atoms with Crippen molar-refractivity contribution in [3.05, 3.63) is 41.4 Å². The summed E-state index contributed by atoms with van der Waals surface area (Å²) in [4.78, 5) is 27.1. The van der Waals surface area contributed by atoms with Gasteiger partial charge in [0.15, 0.2) is 5.78 Å². The lowest BCUT2D eigenvalue weighted by atomic mass is 9.35. The molecule has 1 amide bonds. The van der Waals surface area contributed by atoms with E-state index in [1.54, 1.807) is 24.3 Å². The average Bonchev–Trinajstić information content (AvgIpc) is 2.92. The molecule has 6 fully saturated rings. The largest absolute Gasteiger partial charge is 0.444 e. The molecule has 1 aromatic carbocycles. The molecule has 6 aliphatic rings. The Morgan fingerprint density at radius 3 is 2.72 bits per heavy atom. The normalized spacial score (nSPS) is 46.2. The van der Waals surface area contributed by atoms with Crippen molar-refractivity contribution >= 4 is 29.2 Å². The molecule has 7 rings (SSSR count). The van der Waals surface area contributed by atoms with Gasteiger partial charge in [-0.25, -0.2) is 4.79 Å². The van der Waals surface area contributed by atoms with Gasteiger partial charge >= 0.3 is 6.09 Å². The summed E-state index contributed by atoms with van der Waals surface area (Å²) in [5, 5.41) is 38.5. The van der Waals surface area contributed by atoms with Gasteiger partial charge in [0.25, 0.3) is 0 Å². The number of fused-ring (bicyclic) bond motifs is 2. The molecule has 9 atom stereocenters. The number of ether oxygens (including phenoxy) is 2. The number of hydrogen-bond donors (Lipinski definition) is 4. The molecule has 4 bridgehead atoms. The lowest BCUT2D eigenvalue weighted by Gasteiger charge is -2.74. The first-order valence-electron chi connectivity index (χ1n) is 12.6. The van der Waals surface area contributed by atoms with Crippen molar-refractivity contribution in [1.82, 2.24) is 0 Å². The summed E-state index contributed by atoms with van der Waals surface area (Å²) in [6, 6.07) is 6.57. The van der Waals surface area contributed by atoms with E-state index in [0.717, 1.165) is 0 Å². The van der Waals surface area contributed by atoms with Crippen molar-refractivity contribution in [2.45, 2.75) is 63.6 Å². The predicted octanol–water partition coefficient (Wildman–Crippen LogP) is 3.29. The highest BCUT2D eigenvalue weighted by Crippen LogP contribution is 2.76. The average molecular weight is 518 g/mol. The molecule has 2 aliphatic heterocycles. The van der Waals surface area contributed by atoms with E-state index >= 15 is 0 Å². The second-order valence-electron chi connectivity index (χ2n) is 12.0. The molecule has 8 nitrogen and oxygen atoms in total. The molecule has 4 N–H and O–H groups in total. The summed E-state index contributed by atoms with van der Waals surface area (Å²) >= 11 is 6.03. The van der Waals surface area contributed by atoms with Gasteiger partial charge in [-0.05, 0) is 60.8 Å². The van der Waals surface area contributed by atoms with Crippen LogP contribution < -0.4 is 5.32 Å². The number of carbonyl (C=O) groups excluding carboxylic acids is 2. The molecule has 4 saturated carbocycles. The molecule has 1 unspecified atom stereocenters. The van der Waals surface area contributed by atoms with Crippen molar-refractivity contribution in [2.24, 2.45) is 34.0 Å². The highest BCUT2D eigenvalue weighted by Gasteiger charge is 2.87. The molecule has 194 valence electrons. The van der Waals surface area contributed by atoms with Crippen LogP contribution in [-0.4, -0.2) is 57.9 Å². The Hall–Kier alpha value is -1.97. The summed E-state index contributed by atoms with van der Waals surface area (Å²) in [6.07, 6.45) is -2.02. The van der Waals surface area contributed by atoms with Gasteiger partial charge in [0.05, 0.1) is 12.7 Å². The third-order valence-electron chi connectivity index (χ3n) is 10.2. The Bertz CT molecular complexity index is 1170. The van der Waals surface area contributed by atoms with Gasteiger partial charge in [0, 0.05) is 28.0 Å². The molecule has 2 heterocycles. The second-order valence-corrected chi connectivity index (χ2v) is 12.4. The fourth-order valence-electron chi connectivity index (χ4n) is 8.87. The minimum absolute atomic E-state index is 0.0219. The third-order valence-corrected chi connectivity index (χ3v) is 10.4. The maximum absolute atomic E-state index is 14.1. The van der Waals surface area contributed by atoms with E-state index in [0.29, 0.717) is 36.4 Å². The smallest absolute Gasteiger partial charge is 0.411 e. The zero-order valence-electron chi connectivity index (χ0n) is 20.4. The number of hydrogen-bond acceptors (Lipinski definition) is 7. The number of rotatable bonds is 2. The van der Waals surface area contributed by atoms with E-state index < -0.39 is 70.0 Å². The Labute approximate surface area is 214 Å². The lowest BCUT2D eigenvalue weighted by Crippen LogP contribution is -2.85. The molecular weight excluding hydrogens is 486 g/mol. The number of nitrogens with one attached hydrogen (secondary N) is 1. The number of halogens is 1. The van der Waals surface area contributed by atoms with Gasteiger partial charge in [0.2, 0.25) is 5.79 Å². The van der Waals surface area contributed by atoms with E-state index in [9.17, 15) is 24.9 Å². The monoisotopic (exact) mass is 517 g/mol. The van der Waals surface area contributed by atoms with Gasteiger partial charge in [-0.15, -0.1) is 0 Å². The third kappa shape index (κ3) is 2.69. The number of carbonyl (C=O) groups is 2. The minimum Gasteiger partial charge on any atom is -0.444 e. The first-order valence-corrected chi connectivity index (χ1v) is 13.0. The first kappa shape index (κ1) is 24.4. The molecule has 2 saturated heterocycles. The van der Waals surface area contributed by atoms with Gasteiger partial charge in [-0.1, -0.05) is 38.1 Å². The maximum Gasteiger partial charge on any atom is 0.411 e. The van der Waals surface area contributed by atoms with E-state index in [1.165, 1.54) is 0 Å². The quantitative estimate of drug-likeness (QED) is 0.443. The number of aliphatic hydroxyl groups is 3. The standard InChI is InChI=1S/C27H32ClNO7/c1-13-16-7-8-17-25-12-35-27(34,21(32)19(25)24(2,3)10-9-18(25)30)26(17,20(13)31)22(16)36-23(33)29-15-6-4-5-14(28)11-15/h4-6,11,16-19,21-22,30,32,34H,1,7-10,12H2,2-3H3,(H,29,33)/t16-,17?,18-,19+,21-,22+,25+,26-,27+/m0/s1. The second kappa shape index (κ2) is 7.54. The molecule has 2 spiro atoms. The van der Waals surface area contributed by atoms with Gasteiger partial charge in [-0.3, -0.25) is 10.1 Å². The van der Waals surface area contributed by atoms with Crippen LogP contribution in [0.5, 0.6) is 0 Å². The summed E-state index contributed by atoms with van der Waals surface area (Å²) in [5.41, 5.74) is -2.47. The molecule has 9 heteroatoms. The Morgan fingerprint density at radius 2 is 2.00 bits per heavy atom. The molecule has 1 aromatic rings. The molecule has 0 aromatic heterocycles. The van der Waals surface area contributed by atoms with Gasteiger partial charge < -0.3 is 24.8 Å². The molecular formula is C27H32ClNO7. The van der Waals surface area contributed by atoms with E-state index in [2.05, 4.69) is 11.9 Å². The summed E-state index contributed by atoms with van der Waals surface area (Å²) in [5.74, 6) is -4.32. The van der Waals surface area contributed by atoms with Crippen LogP contribution >= 0.6 is 11.6 Å². The van der Waals surface area contributed by atoms with Crippen molar-refractivity contribution in [3.63, 3.8) is 0 Å². The number of Topliss-reactive ketones (excluding diaryl/α,β-unsaturated/α-hetero) is 1. The van der Waals surface area contributed by atoms with Crippen molar-refractivity contribution in [1.29, 1.82) is 0 Å². The number of amides is 1. The topological polar surface area (TPSA) is 125 Å². The summed E-state index contributed by atoms with van der Waals surface area (Å²) < 4.78 is 12.0. The molecule has 36 heavy (non-hydrogen) atoms. The lowest BCUT2D eigenvalue weighted by molar-refractivity contribution is -0.457. The predicted molar refractivity (Wildman–Crippen MR) is 130 cm³/mol. The number of ketones is 1. The van der Waals surface area contributed by atoms with Crippen LogP contribution in [0, 0.1) is 34.0 Å². The maximum atomic E-state index is 14.1. The highest BCUT2D eigenvalue weighted by molar-refractivity contribution is 6.30. The van der Waals surface area contributed by atoms with Gasteiger partial charge in [0.1, 0.15) is 17.6 Å². The first-order chi connectivity index (χ1) is 16.9. The van der Waals surface area contributed by atoms with E-state index in [1.807, 2.05) is 13.8 Å². The number of anilines is 1. The number of aliphatic hydroxyl groups excluding tert-OH is 2.